The molecule has 0 bridgehead atoms. The lowest BCUT2D eigenvalue weighted by atomic mass is 9.75. The second-order valence-corrected chi connectivity index (χ2v) is 10.2. The molecule has 0 unspecified atom stereocenters. The van der Waals surface area contributed by atoms with Crippen LogP contribution in [0, 0.1) is 32.1 Å². The molecule has 2 N–H and O–H groups in total. The van der Waals surface area contributed by atoms with Gasteiger partial charge in [0.2, 0.25) is 0 Å². The molecule has 10 heteroatoms. The van der Waals surface area contributed by atoms with Crippen molar-refractivity contribution in [3.63, 3.8) is 0 Å². The molecule has 10 nitrogen and oxygen atoms in total. The second kappa shape index (κ2) is 11.9. The van der Waals surface area contributed by atoms with Gasteiger partial charge in [-0.2, -0.15) is 0 Å². The van der Waals surface area contributed by atoms with Crippen LogP contribution in [0.4, 0.5) is 11.4 Å². The molecular weight excluding hydrogens is 476 g/mol. The first-order valence-electron chi connectivity index (χ1n) is 12.9. The van der Waals surface area contributed by atoms with Crippen molar-refractivity contribution in [3.05, 3.63) is 79.9 Å². The van der Waals surface area contributed by atoms with E-state index in [0.717, 1.165) is 57.8 Å². The minimum absolute atomic E-state index is 0.0859. The third kappa shape index (κ3) is 7.12. The molecule has 2 aromatic rings. The SMILES string of the molecule is O=C(NC1CCC(CC2CCC(NC(=O)c3cccc([N+](=O)[O-])c3)CC2)CC1)c1cccc([N+](=O)[O-])c1. The molecule has 37 heavy (non-hydrogen) atoms. The minimum Gasteiger partial charge on any atom is -0.349 e. The number of carbonyl (C=O) groups is 2. The lowest BCUT2D eigenvalue weighted by Gasteiger charge is -2.34. The molecular formula is C27H32N4O6. The van der Waals surface area contributed by atoms with Crippen LogP contribution < -0.4 is 10.6 Å². The third-order valence-corrected chi connectivity index (χ3v) is 7.67. The topological polar surface area (TPSA) is 144 Å². The Balaban J connectivity index is 1.17. The quantitative estimate of drug-likeness (QED) is 0.372. The smallest absolute Gasteiger partial charge is 0.270 e. The average molecular weight is 509 g/mol. The molecule has 0 aliphatic heterocycles. The monoisotopic (exact) mass is 508 g/mol. The van der Waals surface area contributed by atoms with Crippen LogP contribution in [-0.2, 0) is 0 Å². The number of nitrogens with one attached hydrogen (secondary N) is 2. The van der Waals surface area contributed by atoms with Crippen molar-refractivity contribution in [1.29, 1.82) is 0 Å². The van der Waals surface area contributed by atoms with Gasteiger partial charge in [0, 0.05) is 47.5 Å². The van der Waals surface area contributed by atoms with Gasteiger partial charge in [-0.25, -0.2) is 0 Å². The third-order valence-electron chi connectivity index (χ3n) is 7.67. The summed E-state index contributed by atoms with van der Waals surface area (Å²) >= 11 is 0. The number of nitrogens with zero attached hydrogens (tertiary/aromatic N) is 2. The Hall–Kier alpha value is -3.82. The van der Waals surface area contributed by atoms with Gasteiger partial charge < -0.3 is 10.6 Å². The van der Waals surface area contributed by atoms with Gasteiger partial charge in [0.15, 0.2) is 0 Å². The van der Waals surface area contributed by atoms with E-state index in [9.17, 15) is 29.8 Å². The van der Waals surface area contributed by atoms with E-state index in [1.807, 2.05) is 0 Å². The standard InChI is InChI=1S/C27H32N4O6/c32-26(20-3-1-5-24(16-20)30(34)35)28-22-11-7-18(8-12-22)15-19-9-13-23(14-10-19)29-27(33)21-4-2-6-25(17-21)31(36)37/h1-6,16-19,22-23H,7-15H2,(H,28,32)(H,29,33). The summed E-state index contributed by atoms with van der Waals surface area (Å²) in [6, 6.07) is 11.8. The van der Waals surface area contributed by atoms with Crippen molar-refractivity contribution in [2.24, 2.45) is 11.8 Å². The molecule has 2 aliphatic rings. The predicted octanol–water partition coefficient (Wildman–Crippen LogP) is 5.17. The van der Waals surface area contributed by atoms with Gasteiger partial charge in [-0.05, 0) is 81.8 Å². The summed E-state index contributed by atoms with van der Waals surface area (Å²) in [6.45, 7) is 0. The highest BCUT2D eigenvalue weighted by atomic mass is 16.6. The van der Waals surface area contributed by atoms with Crippen LogP contribution in [0.3, 0.4) is 0 Å². The van der Waals surface area contributed by atoms with Gasteiger partial charge in [-0.1, -0.05) is 12.1 Å². The first kappa shape index (κ1) is 26.2. The Morgan fingerprint density at radius 2 is 1.05 bits per heavy atom. The van der Waals surface area contributed by atoms with E-state index in [1.54, 1.807) is 12.1 Å². The molecule has 0 spiro atoms. The number of hydrogen-bond donors (Lipinski definition) is 2. The zero-order chi connectivity index (χ0) is 26.4. The van der Waals surface area contributed by atoms with Gasteiger partial charge in [0.25, 0.3) is 23.2 Å². The molecule has 0 radical (unpaired) electrons. The van der Waals surface area contributed by atoms with Crippen molar-refractivity contribution < 1.29 is 19.4 Å². The van der Waals surface area contributed by atoms with E-state index in [0.29, 0.717) is 23.0 Å². The van der Waals surface area contributed by atoms with Gasteiger partial charge in [0.05, 0.1) is 9.85 Å². The summed E-state index contributed by atoms with van der Waals surface area (Å²) in [5, 5.41) is 28.0. The normalized spacial score (nSPS) is 23.6. The van der Waals surface area contributed by atoms with E-state index in [4.69, 9.17) is 0 Å². The maximum Gasteiger partial charge on any atom is 0.270 e. The van der Waals surface area contributed by atoms with Crippen molar-refractivity contribution in [2.45, 2.75) is 69.9 Å². The fourth-order valence-electron chi connectivity index (χ4n) is 5.62. The fourth-order valence-corrected chi connectivity index (χ4v) is 5.62. The average Bonchev–Trinajstić information content (AvgIpc) is 2.91. The summed E-state index contributed by atoms with van der Waals surface area (Å²) in [6.07, 6.45) is 8.94. The number of hydrogen-bond acceptors (Lipinski definition) is 6. The summed E-state index contributed by atoms with van der Waals surface area (Å²) in [7, 11) is 0. The van der Waals surface area contributed by atoms with Crippen molar-refractivity contribution in [1.82, 2.24) is 10.6 Å². The minimum atomic E-state index is -0.499. The first-order chi connectivity index (χ1) is 17.8. The fraction of sp³-hybridized carbons (Fsp3) is 0.481. The molecule has 2 fully saturated rings. The number of nitro benzene ring substituents is 2. The highest BCUT2D eigenvalue weighted by Crippen LogP contribution is 2.35. The first-order valence-corrected chi connectivity index (χ1v) is 12.9. The number of rotatable bonds is 8. The summed E-state index contributed by atoms with van der Waals surface area (Å²) in [5.74, 6) is 0.703. The Bertz CT molecular complexity index is 1060. The summed E-state index contributed by atoms with van der Waals surface area (Å²) in [5.41, 5.74) is 0.445. The summed E-state index contributed by atoms with van der Waals surface area (Å²) in [4.78, 5) is 46.0. The maximum absolute atomic E-state index is 12.5. The highest BCUT2D eigenvalue weighted by molar-refractivity contribution is 5.95. The molecule has 0 atom stereocenters. The van der Waals surface area contributed by atoms with Gasteiger partial charge in [-0.15, -0.1) is 0 Å². The number of benzene rings is 2. The molecule has 2 amide bonds. The molecule has 4 rings (SSSR count). The van der Waals surface area contributed by atoms with Crippen LogP contribution >= 0.6 is 0 Å². The number of carbonyl (C=O) groups excluding carboxylic acids is 2. The zero-order valence-corrected chi connectivity index (χ0v) is 20.6. The second-order valence-electron chi connectivity index (χ2n) is 10.2. The molecule has 2 aromatic carbocycles. The van der Waals surface area contributed by atoms with Gasteiger partial charge >= 0.3 is 0 Å². The van der Waals surface area contributed by atoms with Crippen LogP contribution in [0.2, 0.25) is 0 Å². The van der Waals surface area contributed by atoms with Crippen molar-refractivity contribution in [2.75, 3.05) is 0 Å². The predicted molar refractivity (Wildman–Crippen MR) is 137 cm³/mol. The van der Waals surface area contributed by atoms with E-state index >= 15 is 0 Å². The lowest BCUT2D eigenvalue weighted by Crippen LogP contribution is -2.39. The summed E-state index contributed by atoms with van der Waals surface area (Å²) < 4.78 is 0. The highest BCUT2D eigenvalue weighted by Gasteiger charge is 2.28. The number of nitro groups is 2. The van der Waals surface area contributed by atoms with Crippen molar-refractivity contribution in [3.8, 4) is 0 Å². The molecule has 0 aromatic heterocycles. The molecule has 0 heterocycles. The Morgan fingerprint density at radius 1 is 0.676 bits per heavy atom. The number of non-ortho nitro benzene ring substituents is 2. The van der Waals surface area contributed by atoms with E-state index in [2.05, 4.69) is 10.6 Å². The van der Waals surface area contributed by atoms with Crippen LogP contribution in [0.1, 0.15) is 78.5 Å². The van der Waals surface area contributed by atoms with Gasteiger partial charge in [-0.3, -0.25) is 29.8 Å². The Morgan fingerprint density at radius 3 is 1.41 bits per heavy atom. The molecule has 196 valence electrons. The Labute approximate surface area is 215 Å². The van der Waals surface area contributed by atoms with Crippen LogP contribution in [0.15, 0.2) is 48.5 Å². The van der Waals surface area contributed by atoms with Crippen LogP contribution in [-0.4, -0.2) is 33.7 Å². The largest absolute Gasteiger partial charge is 0.349 e. The number of amides is 2. The van der Waals surface area contributed by atoms with Gasteiger partial charge in [0.1, 0.15) is 0 Å². The molecule has 2 aliphatic carbocycles. The Kier molecular flexibility index (Phi) is 8.47. The van der Waals surface area contributed by atoms with Crippen molar-refractivity contribution >= 4 is 23.2 Å². The lowest BCUT2D eigenvalue weighted by molar-refractivity contribution is -0.385. The van der Waals surface area contributed by atoms with Crippen LogP contribution in [0.5, 0.6) is 0 Å². The van der Waals surface area contributed by atoms with E-state index in [1.165, 1.54) is 36.4 Å². The molecule has 0 saturated heterocycles. The van der Waals surface area contributed by atoms with E-state index < -0.39 is 9.85 Å². The molecule has 2 saturated carbocycles. The van der Waals surface area contributed by atoms with Crippen LogP contribution in [0.25, 0.3) is 0 Å². The maximum atomic E-state index is 12.5. The van der Waals surface area contributed by atoms with E-state index in [-0.39, 0.29) is 35.3 Å². The zero-order valence-electron chi connectivity index (χ0n) is 20.6.